The molecule has 32 heavy (non-hydrogen) atoms. The van der Waals surface area contributed by atoms with Crippen LogP contribution in [0.3, 0.4) is 0 Å². The lowest BCUT2D eigenvalue weighted by Gasteiger charge is -2.31. The van der Waals surface area contributed by atoms with Crippen LogP contribution in [-0.4, -0.2) is 45.5 Å². The zero-order chi connectivity index (χ0) is 21.9. The molecule has 1 saturated carbocycles. The van der Waals surface area contributed by atoms with E-state index in [2.05, 4.69) is 25.5 Å². The van der Waals surface area contributed by atoms with E-state index in [0.717, 1.165) is 60.9 Å². The molecule has 0 aromatic carbocycles. The highest BCUT2D eigenvalue weighted by molar-refractivity contribution is 7.13. The minimum Gasteiger partial charge on any atom is -0.355 e. The van der Waals surface area contributed by atoms with Crippen LogP contribution in [0.4, 0.5) is 5.82 Å². The van der Waals surface area contributed by atoms with Gasteiger partial charge in [-0.1, -0.05) is 6.07 Å². The van der Waals surface area contributed by atoms with Gasteiger partial charge in [-0.15, -0.1) is 21.5 Å². The number of amides is 1. The van der Waals surface area contributed by atoms with Crippen molar-refractivity contribution in [3.05, 3.63) is 57.8 Å². The van der Waals surface area contributed by atoms with Crippen molar-refractivity contribution in [2.24, 2.45) is 5.92 Å². The molecular weight excluding hydrogens is 424 g/mol. The lowest BCUT2D eigenvalue weighted by atomic mass is 9.96. The van der Waals surface area contributed by atoms with Gasteiger partial charge in [0.25, 0.3) is 5.56 Å². The normalized spacial score (nSPS) is 16.8. The fourth-order valence-corrected chi connectivity index (χ4v) is 4.76. The van der Waals surface area contributed by atoms with Crippen LogP contribution in [0.5, 0.6) is 0 Å². The molecule has 2 aliphatic rings. The van der Waals surface area contributed by atoms with E-state index in [1.807, 2.05) is 35.7 Å². The van der Waals surface area contributed by atoms with Crippen LogP contribution in [0.15, 0.2) is 46.6 Å². The van der Waals surface area contributed by atoms with Gasteiger partial charge in [0.1, 0.15) is 5.69 Å². The summed E-state index contributed by atoms with van der Waals surface area (Å²) in [6.45, 7) is 2.36. The van der Waals surface area contributed by atoms with Gasteiger partial charge in [0.2, 0.25) is 5.91 Å². The van der Waals surface area contributed by atoms with Crippen molar-refractivity contribution < 1.29 is 4.79 Å². The van der Waals surface area contributed by atoms with Gasteiger partial charge in [-0.25, -0.2) is 4.68 Å². The third kappa shape index (κ3) is 4.72. The topological polar surface area (TPSA) is 93.0 Å². The van der Waals surface area contributed by atoms with Crippen molar-refractivity contribution in [3.63, 3.8) is 0 Å². The molecule has 1 aliphatic heterocycles. The average Bonchev–Trinajstić information content (AvgIpc) is 3.54. The standard InChI is InChI=1S/C23H26N6O2S/c30-22-8-6-18(16-3-4-16)27-29(22)14-11-24-23(31)17-9-12-28(13-10-17)21-7-5-19(25-26-21)20-2-1-15-32-20/h1-2,5-8,15-17H,3-4,9-14H2,(H,24,31). The molecule has 3 aromatic rings. The van der Waals surface area contributed by atoms with Crippen molar-refractivity contribution in [3.8, 4) is 10.6 Å². The summed E-state index contributed by atoms with van der Waals surface area (Å²) in [4.78, 5) is 27.9. The molecule has 0 atom stereocenters. The van der Waals surface area contributed by atoms with Gasteiger partial charge >= 0.3 is 0 Å². The molecule has 0 bridgehead atoms. The average molecular weight is 451 g/mol. The van der Waals surface area contributed by atoms with Crippen LogP contribution in [0, 0.1) is 5.92 Å². The molecule has 1 N–H and O–H groups in total. The first-order valence-electron chi connectivity index (χ1n) is 11.2. The molecule has 4 heterocycles. The predicted molar refractivity (Wildman–Crippen MR) is 124 cm³/mol. The molecule has 1 saturated heterocycles. The van der Waals surface area contributed by atoms with Gasteiger partial charge in [-0.3, -0.25) is 9.59 Å². The number of piperidine rings is 1. The lowest BCUT2D eigenvalue weighted by Crippen LogP contribution is -2.42. The molecule has 0 unspecified atom stereocenters. The minimum atomic E-state index is -0.122. The van der Waals surface area contributed by atoms with Gasteiger partial charge in [0.05, 0.1) is 17.1 Å². The maximum Gasteiger partial charge on any atom is 0.266 e. The van der Waals surface area contributed by atoms with Crippen molar-refractivity contribution in [1.82, 2.24) is 25.3 Å². The first-order valence-corrected chi connectivity index (χ1v) is 12.0. The predicted octanol–water partition coefficient (Wildman–Crippen LogP) is 2.67. The lowest BCUT2D eigenvalue weighted by molar-refractivity contribution is -0.125. The second-order valence-electron chi connectivity index (χ2n) is 8.40. The van der Waals surface area contributed by atoms with Crippen molar-refractivity contribution in [1.29, 1.82) is 0 Å². The molecule has 166 valence electrons. The number of hydrogen-bond acceptors (Lipinski definition) is 7. The Kier molecular flexibility index (Phi) is 5.98. The Hall–Kier alpha value is -3.07. The first-order chi connectivity index (χ1) is 15.7. The summed E-state index contributed by atoms with van der Waals surface area (Å²) in [5, 5.41) is 18.2. The minimum absolute atomic E-state index is 0.0212. The summed E-state index contributed by atoms with van der Waals surface area (Å²) >= 11 is 1.65. The van der Waals surface area contributed by atoms with E-state index in [9.17, 15) is 9.59 Å². The Morgan fingerprint density at radius 2 is 1.91 bits per heavy atom. The zero-order valence-corrected chi connectivity index (χ0v) is 18.6. The number of carbonyl (C=O) groups is 1. The molecular formula is C23H26N6O2S. The highest BCUT2D eigenvalue weighted by Crippen LogP contribution is 2.38. The van der Waals surface area contributed by atoms with E-state index >= 15 is 0 Å². The van der Waals surface area contributed by atoms with Crippen LogP contribution in [0.2, 0.25) is 0 Å². The van der Waals surface area contributed by atoms with E-state index in [-0.39, 0.29) is 17.4 Å². The Bertz CT molecular complexity index is 1120. The molecule has 9 heteroatoms. The third-order valence-electron chi connectivity index (χ3n) is 6.12. The maximum atomic E-state index is 12.6. The largest absolute Gasteiger partial charge is 0.355 e. The molecule has 1 aliphatic carbocycles. The molecule has 0 radical (unpaired) electrons. The van der Waals surface area contributed by atoms with E-state index in [1.54, 1.807) is 17.4 Å². The number of aromatic nitrogens is 4. The number of anilines is 1. The first kappa shape index (κ1) is 20.8. The molecule has 5 rings (SSSR count). The van der Waals surface area contributed by atoms with Gasteiger partial charge in [0, 0.05) is 37.5 Å². The van der Waals surface area contributed by atoms with Gasteiger partial charge in [-0.05, 0) is 55.3 Å². The Balaban J connectivity index is 1.09. The summed E-state index contributed by atoms with van der Waals surface area (Å²) in [7, 11) is 0. The highest BCUT2D eigenvalue weighted by atomic mass is 32.1. The molecule has 3 aromatic heterocycles. The summed E-state index contributed by atoms with van der Waals surface area (Å²) in [5.41, 5.74) is 1.74. The number of rotatable bonds is 7. The number of thiophene rings is 1. The van der Waals surface area contributed by atoms with Crippen LogP contribution >= 0.6 is 11.3 Å². The van der Waals surface area contributed by atoms with E-state index in [4.69, 9.17) is 0 Å². The maximum absolute atomic E-state index is 12.6. The highest BCUT2D eigenvalue weighted by Gasteiger charge is 2.27. The van der Waals surface area contributed by atoms with Crippen molar-refractivity contribution in [2.45, 2.75) is 38.1 Å². The fourth-order valence-electron chi connectivity index (χ4n) is 4.07. The number of carbonyl (C=O) groups excluding carboxylic acids is 1. The monoisotopic (exact) mass is 450 g/mol. The van der Waals surface area contributed by atoms with Crippen LogP contribution in [-0.2, 0) is 11.3 Å². The second kappa shape index (κ2) is 9.20. The summed E-state index contributed by atoms with van der Waals surface area (Å²) in [6.07, 6.45) is 3.83. The second-order valence-corrected chi connectivity index (χ2v) is 9.35. The SMILES string of the molecule is O=C(NCCn1nc(C2CC2)ccc1=O)C1CCN(c2ccc(-c3cccs3)nn2)CC1. The van der Waals surface area contributed by atoms with Gasteiger partial charge < -0.3 is 10.2 Å². The van der Waals surface area contributed by atoms with Crippen molar-refractivity contribution in [2.75, 3.05) is 24.5 Å². The fraction of sp³-hybridized carbons (Fsp3) is 0.435. The summed E-state index contributed by atoms with van der Waals surface area (Å²) in [6, 6.07) is 11.4. The van der Waals surface area contributed by atoms with Crippen LogP contribution in [0.1, 0.15) is 37.3 Å². The Labute approximate surface area is 190 Å². The van der Waals surface area contributed by atoms with E-state index in [1.165, 1.54) is 4.68 Å². The molecule has 8 nitrogen and oxygen atoms in total. The quantitative estimate of drug-likeness (QED) is 0.595. The summed E-state index contributed by atoms with van der Waals surface area (Å²) < 4.78 is 1.47. The van der Waals surface area contributed by atoms with Crippen molar-refractivity contribution >= 4 is 23.1 Å². The molecule has 0 spiro atoms. The van der Waals surface area contributed by atoms with Crippen LogP contribution < -0.4 is 15.8 Å². The number of nitrogens with zero attached hydrogens (tertiary/aromatic N) is 5. The van der Waals surface area contributed by atoms with Crippen LogP contribution in [0.25, 0.3) is 10.6 Å². The molecule has 2 fully saturated rings. The van der Waals surface area contributed by atoms with E-state index in [0.29, 0.717) is 19.0 Å². The zero-order valence-electron chi connectivity index (χ0n) is 17.8. The Morgan fingerprint density at radius 3 is 2.59 bits per heavy atom. The van der Waals surface area contributed by atoms with Gasteiger partial charge in [0.15, 0.2) is 5.82 Å². The van der Waals surface area contributed by atoms with Gasteiger partial charge in [-0.2, -0.15) is 5.10 Å². The summed E-state index contributed by atoms with van der Waals surface area (Å²) in [5.74, 6) is 1.38. The number of hydrogen-bond donors (Lipinski definition) is 1. The molecule has 1 amide bonds. The number of nitrogens with one attached hydrogen (secondary N) is 1. The smallest absolute Gasteiger partial charge is 0.266 e. The third-order valence-corrected chi connectivity index (χ3v) is 7.01. The van der Waals surface area contributed by atoms with E-state index < -0.39 is 0 Å². The Morgan fingerprint density at radius 1 is 1.06 bits per heavy atom.